The van der Waals surface area contributed by atoms with Crippen LogP contribution in [0.15, 0.2) is 48.8 Å². The highest BCUT2D eigenvalue weighted by atomic mass is 14.9. The van der Waals surface area contributed by atoms with Crippen LogP contribution < -0.4 is 5.32 Å². The Bertz CT molecular complexity index is 490. The maximum Gasteiger partial charge on any atom is 0.0323 e. The molecule has 0 saturated heterocycles. The average molecular weight is 254 g/mol. The van der Waals surface area contributed by atoms with E-state index < -0.39 is 0 Å². The van der Waals surface area contributed by atoms with Gasteiger partial charge in [0.15, 0.2) is 0 Å². The number of aromatic nitrogens is 1. The Morgan fingerprint density at radius 1 is 1.00 bits per heavy atom. The van der Waals surface area contributed by atoms with E-state index in [9.17, 15) is 0 Å². The van der Waals surface area contributed by atoms with E-state index in [-0.39, 0.29) is 0 Å². The van der Waals surface area contributed by atoms with Crippen molar-refractivity contribution in [2.24, 2.45) is 0 Å². The Morgan fingerprint density at radius 3 is 2.21 bits per heavy atom. The zero-order chi connectivity index (χ0) is 13.7. The van der Waals surface area contributed by atoms with E-state index in [0.717, 1.165) is 6.42 Å². The average Bonchev–Trinajstić information content (AvgIpc) is 2.46. The third-order valence-electron chi connectivity index (χ3n) is 3.55. The summed E-state index contributed by atoms with van der Waals surface area (Å²) in [7, 11) is 0. The first-order chi connectivity index (χ1) is 9.20. The summed E-state index contributed by atoms with van der Waals surface area (Å²) in [6.45, 7) is 6.54. The molecule has 0 spiro atoms. The van der Waals surface area contributed by atoms with Gasteiger partial charge in [0.25, 0.3) is 0 Å². The topological polar surface area (TPSA) is 24.9 Å². The van der Waals surface area contributed by atoms with Gasteiger partial charge in [-0.05, 0) is 43.5 Å². The standard InChI is InChI=1S/C17H22N2/c1-4-17(16-7-5-13(2)6-8-16)19-14(3)15-9-11-18-12-10-15/h5-12,14,17,19H,4H2,1-3H3/t14-,17?/m0/s1. The first kappa shape index (κ1) is 13.8. The van der Waals surface area contributed by atoms with E-state index in [1.807, 2.05) is 12.4 Å². The molecule has 2 atom stereocenters. The molecule has 0 bridgehead atoms. The third kappa shape index (κ3) is 3.65. The van der Waals surface area contributed by atoms with Gasteiger partial charge in [0.05, 0.1) is 0 Å². The molecule has 1 N–H and O–H groups in total. The van der Waals surface area contributed by atoms with Crippen molar-refractivity contribution in [2.75, 3.05) is 0 Å². The van der Waals surface area contributed by atoms with Crippen LogP contribution in [0.3, 0.4) is 0 Å². The summed E-state index contributed by atoms with van der Waals surface area (Å²) in [6.07, 6.45) is 4.78. The van der Waals surface area contributed by atoms with Crippen LogP contribution in [0.4, 0.5) is 0 Å². The Hall–Kier alpha value is -1.67. The largest absolute Gasteiger partial charge is 0.303 e. The number of rotatable bonds is 5. The summed E-state index contributed by atoms with van der Waals surface area (Å²) in [5.74, 6) is 0. The molecule has 0 amide bonds. The van der Waals surface area contributed by atoms with Crippen molar-refractivity contribution in [3.63, 3.8) is 0 Å². The van der Waals surface area contributed by atoms with Gasteiger partial charge >= 0.3 is 0 Å². The minimum atomic E-state index is 0.328. The van der Waals surface area contributed by atoms with E-state index in [1.165, 1.54) is 16.7 Å². The van der Waals surface area contributed by atoms with Crippen molar-refractivity contribution in [2.45, 2.75) is 39.3 Å². The van der Waals surface area contributed by atoms with Crippen LogP contribution >= 0.6 is 0 Å². The van der Waals surface area contributed by atoms with Crippen LogP contribution in [0.1, 0.15) is 49.0 Å². The molecule has 1 unspecified atom stereocenters. The zero-order valence-electron chi connectivity index (χ0n) is 11.9. The highest BCUT2D eigenvalue weighted by molar-refractivity contribution is 5.25. The summed E-state index contributed by atoms with van der Waals surface area (Å²) in [5, 5.41) is 3.69. The lowest BCUT2D eigenvalue weighted by Gasteiger charge is -2.23. The molecule has 2 nitrogen and oxygen atoms in total. The van der Waals surface area contributed by atoms with Gasteiger partial charge in [-0.2, -0.15) is 0 Å². The van der Waals surface area contributed by atoms with Gasteiger partial charge in [0.2, 0.25) is 0 Å². The van der Waals surface area contributed by atoms with Gasteiger partial charge in [-0.1, -0.05) is 36.8 Å². The van der Waals surface area contributed by atoms with Crippen molar-refractivity contribution in [1.29, 1.82) is 0 Å². The van der Waals surface area contributed by atoms with Crippen LogP contribution in [0.25, 0.3) is 0 Å². The number of nitrogens with one attached hydrogen (secondary N) is 1. The number of hydrogen-bond donors (Lipinski definition) is 1. The first-order valence-corrected chi connectivity index (χ1v) is 6.93. The molecule has 0 radical (unpaired) electrons. The Balaban J connectivity index is 2.09. The minimum Gasteiger partial charge on any atom is -0.303 e. The first-order valence-electron chi connectivity index (χ1n) is 6.93. The summed E-state index contributed by atoms with van der Waals surface area (Å²) in [6, 6.07) is 13.6. The van der Waals surface area contributed by atoms with Gasteiger partial charge in [-0.3, -0.25) is 4.98 Å². The Morgan fingerprint density at radius 2 is 1.63 bits per heavy atom. The molecule has 0 aliphatic carbocycles. The fraction of sp³-hybridized carbons (Fsp3) is 0.353. The maximum atomic E-state index is 4.07. The van der Waals surface area contributed by atoms with Crippen molar-refractivity contribution >= 4 is 0 Å². The fourth-order valence-electron chi connectivity index (χ4n) is 2.30. The number of benzene rings is 1. The van der Waals surface area contributed by atoms with Crippen LogP contribution in [0.2, 0.25) is 0 Å². The molecule has 0 fully saturated rings. The molecule has 2 aromatic rings. The summed E-state index contributed by atoms with van der Waals surface area (Å²) < 4.78 is 0. The molecular weight excluding hydrogens is 232 g/mol. The van der Waals surface area contributed by atoms with Crippen molar-refractivity contribution in [3.05, 3.63) is 65.5 Å². The Labute approximate surface area is 115 Å². The molecule has 1 aromatic heterocycles. The quantitative estimate of drug-likeness (QED) is 0.865. The molecule has 1 aromatic carbocycles. The highest BCUT2D eigenvalue weighted by Crippen LogP contribution is 2.22. The van der Waals surface area contributed by atoms with Crippen LogP contribution in [-0.2, 0) is 0 Å². The second-order valence-electron chi connectivity index (χ2n) is 5.04. The Kier molecular flexibility index (Phi) is 4.69. The molecular formula is C17H22N2. The lowest BCUT2D eigenvalue weighted by Crippen LogP contribution is -2.24. The maximum absolute atomic E-state index is 4.07. The van der Waals surface area contributed by atoms with Crippen molar-refractivity contribution < 1.29 is 0 Å². The summed E-state index contributed by atoms with van der Waals surface area (Å²) in [5.41, 5.74) is 3.94. The van der Waals surface area contributed by atoms with E-state index in [1.54, 1.807) is 0 Å². The molecule has 19 heavy (non-hydrogen) atoms. The normalized spacial score (nSPS) is 14.1. The lowest BCUT2D eigenvalue weighted by molar-refractivity contribution is 0.456. The molecule has 2 heteroatoms. The number of pyridine rings is 1. The van der Waals surface area contributed by atoms with Crippen molar-refractivity contribution in [3.8, 4) is 0 Å². The van der Waals surface area contributed by atoms with E-state index >= 15 is 0 Å². The summed E-state index contributed by atoms with van der Waals surface area (Å²) >= 11 is 0. The van der Waals surface area contributed by atoms with Crippen LogP contribution in [-0.4, -0.2) is 4.98 Å². The molecule has 0 saturated carbocycles. The number of hydrogen-bond acceptors (Lipinski definition) is 2. The second kappa shape index (κ2) is 6.48. The highest BCUT2D eigenvalue weighted by Gasteiger charge is 2.13. The van der Waals surface area contributed by atoms with E-state index in [2.05, 4.69) is 67.5 Å². The minimum absolute atomic E-state index is 0.328. The van der Waals surface area contributed by atoms with Gasteiger partial charge in [-0.25, -0.2) is 0 Å². The smallest absolute Gasteiger partial charge is 0.0323 e. The SMILES string of the molecule is CCC(N[C@@H](C)c1ccncc1)c1ccc(C)cc1. The van der Waals surface area contributed by atoms with Gasteiger partial charge in [0, 0.05) is 24.5 Å². The molecule has 2 rings (SSSR count). The van der Waals surface area contributed by atoms with Gasteiger partial charge < -0.3 is 5.32 Å². The van der Waals surface area contributed by atoms with Crippen LogP contribution in [0, 0.1) is 6.92 Å². The number of nitrogens with zero attached hydrogens (tertiary/aromatic N) is 1. The second-order valence-corrected chi connectivity index (χ2v) is 5.04. The fourth-order valence-corrected chi connectivity index (χ4v) is 2.30. The monoisotopic (exact) mass is 254 g/mol. The predicted molar refractivity (Wildman–Crippen MR) is 80.0 cm³/mol. The van der Waals surface area contributed by atoms with Crippen molar-refractivity contribution in [1.82, 2.24) is 10.3 Å². The van der Waals surface area contributed by atoms with Gasteiger partial charge in [-0.15, -0.1) is 0 Å². The van der Waals surface area contributed by atoms with E-state index in [0.29, 0.717) is 12.1 Å². The molecule has 1 heterocycles. The lowest BCUT2D eigenvalue weighted by atomic mass is 10.0. The molecule has 0 aliphatic heterocycles. The molecule has 0 aliphatic rings. The van der Waals surface area contributed by atoms with Crippen LogP contribution in [0.5, 0.6) is 0 Å². The number of aryl methyl sites for hydroxylation is 1. The van der Waals surface area contributed by atoms with Gasteiger partial charge in [0.1, 0.15) is 0 Å². The van der Waals surface area contributed by atoms with E-state index in [4.69, 9.17) is 0 Å². The third-order valence-corrected chi connectivity index (χ3v) is 3.55. The predicted octanol–water partition coefficient (Wildman–Crippen LogP) is 4.19. The zero-order valence-corrected chi connectivity index (χ0v) is 11.9. The summed E-state index contributed by atoms with van der Waals surface area (Å²) in [4.78, 5) is 4.07. The molecule has 100 valence electrons.